The minimum absolute atomic E-state index is 0.00129. The Morgan fingerprint density at radius 3 is 2.76 bits per heavy atom. The van der Waals surface area contributed by atoms with Gasteiger partial charge in [0.05, 0.1) is 23.5 Å². The van der Waals surface area contributed by atoms with Crippen molar-refractivity contribution in [3.8, 4) is 22.0 Å². The molecule has 0 spiro atoms. The minimum atomic E-state index is -0.00129. The van der Waals surface area contributed by atoms with Crippen LogP contribution in [0.4, 0.5) is 0 Å². The van der Waals surface area contributed by atoms with Crippen LogP contribution in [0.5, 0.6) is 0 Å². The zero-order valence-electron chi connectivity index (χ0n) is 19.4. The summed E-state index contributed by atoms with van der Waals surface area (Å²) >= 11 is 3.37. The molecule has 5 rings (SSSR count). The van der Waals surface area contributed by atoms with Crippen LogP contribution < -0.4 is 5.32 Å². The van der Waals surface area contributed by atoms with Crippen molar-refractivity contribution >= 4 is 28.6 Å². The number of amides is 1. The predicted molar refractivity (Wildman–Crippen MR) is 143 cm³/mol. The normalized spacial score (nSPS) is 13.6. The molecule has 174 valence electrons. The van der Waals surface area contributed by atoms with E-state index in [9.17, 15) is 4.79 Å². The second-order valence-electron chi connectivity index (χ2n) is 8.71. The number of carbonyl (C=O) groups is 1. The van der Waals surface area contributed by atoms with Gasteiger partial charge in [0.2, 0.25) is 0 Å². The van der Waals surface area contributed by atoms with Crippen molar-refractivity contribution in [2.24, 2.45) is 0 Å². The number of allylic oxidation sites excluding steroid dienone is 1. The van der Waals surface area contributed by atoms with Crippen LogP contribution in [0.2, 0.25) is 0 Å². The smallest absolute Gasteiger partial charge is 0.253 e. The monoisotopic (exact) mass is 487 g/mol. The van der Waals surface area contributed by atoms with Crippen molar-refractivity contribution < 1.29 is 4.79 Å². The molecule has 0 atom stereocenters. The lowest BCUT2D eigenvalue weighted by Crippen LogP contribution is -2.25. The molecule has 0 saturated heterocycles. The topological polar surface area (TPSA) is 46.9 Å². The fourth-order valence-electron chi connectivity index (χ4n) is 4.52. The lowest BCUT2D eigenvalue weighted by atomic mass is 9.97. The van der Waals surface area contributed by atoms with E-state index in [1.54, 1.807) is 22.7 Å². The molecule has 3 heterocycles. The summed E-state index contributed by atoms with van der Waals surface area (Å²) in [6.45, 7) is 3.46. The highest BCUT2D eigenvalue weighted by atomic mass is 32.1. The summed E-state index contributed by atoms with van der Waals surface area (Å²) in [5, 5.41) is 8.34. The molecule has 1 aliphatic rings. The van der Waals surface area contributed by atoms with E-state index in [0.29, 0.717) is 6.54 Å². The maximum Gasteiger partial charge on any atom is 0.253 e. The molecule has 1 N–H and O–H groups in total. The molecule has 4 aromatic rings. The van der Waals surface area contributed by atoms with E-state index in [0.717, 1.165) is 46.2 Å². The number of thiazole rings is 1. The van der Waals surface area contributed by atoms with Crippen LogP contribution in [-0.4, -0.2) is 22.0 Å². The maximum absolute atomic E-state index is 13.2. The SMILES string of the molecule is Cc1c(C(=O)NCCC2=CCCCC2)cc(-c2csc(-c3ccccc3)n2)n1Cc1cccs1. The van der Waals surface area contributed by atoms with Crippen molar-refractivity contribution in [1.29, 1.82) is 0 Å². The van der Waals surface area contributed by atoms with Crippen LogP contribution >= 0.6 is 22.7 Å². The predicted octanol–water partition coefficient (Wildman–Crippen LogP) is 7.32. The van der Waals surface area contributed by atoms with Gasteiger partial charge in [-0.15, -0.1) is 22.7 Å². The van der Waals surface area contributed by atoms with Crippen LogP contribution in [0, 0.1) is 6.92 Å². The molecule has 1 aliphatic carbocycles. The lowest BCUT2D eigenvalue weighted by molar-refractivity contribution is 0.0953. The molecule has 0 saturated carbocycles. The highest BCUT2D eigenvalue weighted by Gasteiger charge is 2.21. The van der Waals surface area contributed by atoms with E-state index >= 15 is 0 Å². The van der Waals surface area contributed by atoms with E-state index in [1.807, 2.05) is 31.2 Å². The fraction of sp³-hybridized carbons (Fsp3) is 0.286. The summed E-state index contributed by atoms with van der Waals surface area (Å²) in [5.41, 5.74) is 6.21. The van der Waals surface area contributed by atoms with Crippen LogP contribution in [-0.2, 0) is 6.54 Å². The molecule has 0 aliphatic heterocycles. The van der Waals surface area contributed by atoms with Gasteiger partial charge >= 0.3 is 0 Å². The number of nitrogens with one attached hydrogen (secondary N) is 1. The molecule has 6 heteroatoms. The molecule has 4 nitrogen and oxygen atoms in total. The van der Waals surface area contributed by atoms with Crippen molar-refractivity contribution in [3.05, 3.63) is 87.1 Å². The molecule has 0 fully saturated rings. The zero-order chi connectivity index (χ0) is 23.3. The number of thiophene rings is 1. The molecular weight excluding hydrogens is 458 g/mol. The van der Waals surface area contributed by atoms with Gasteiger partial charge in [-0.1, -0.05) is 48.0 Å². The molecule has 0 radical (unpaired) electrons. The lowest BCUT2D eigenvalue weighted by Gasteiger charge is -2.13. The highest BCUT2D eigenvalue weighted by molar-refractivity contribution is 7.13. The molecule has 1 aromatic carbocycles. The van der Waals surface area contributed by atoms with E-state index in [4.69, 9.17) is 4.98 Å². The van der Waals surface area contributed by atoms with E-state index in [1.165, 1.54) is 36.1 Å². The van der Waals surface area contributed by atoms with Gasteiger partial charge in [0, 0.05) is 28.1 Å². The summed E-state index contributed by atoms with van der Waals surface area (Å²) in [6, 6.07) is 16.5. The molecule has 34 heavy (non-hydrogen) atoms. The fourth-order valence-corrected chi connectivity index (χ4v) is 6.03. The van der Waals surface area contributed by atoms with E-state index in [2.05, 4.69) is 51.0 Å². The van der Waals surface area contributed by atoms with E-state index in [-0.39, 0.29) is 5.91 Å². The summed E-state index contributed by atoms with van der Waals surface area (Å²) < 4.78 is 2.23. The average Bonchev–Trinajstić information content (AvgIpc) is 3.62. The molecule has 0 bridgehead atoms. The third-order valence-corrected chi connectivity index (χ3v) is 8.16. The summed E-state index contributed by atoms with van der Waals surface area (Å²) in [4.78, 5) is 19.4. The number of rotatable bonds is 8. The van der Waals surface area contributed by atoms with Crippen LogP contribution in [0.1, 0.15) is 53.0 Å². The van der Waals surface area contributed by atoms with Gasteiger partial charge in [-0.2, -0.15) is 0 Å². The van der Waals surface area contributed by atoms with Gasteiger partial charge in [0.1, 0.15) is 5.01 Å². The van der Waals surface area contributed by atoms with E-state index < -0.39 is 0 Å². The number of hydrogen-bond acceptors (Lipinski definition) is 4. The minimum Gasteiger partial charge on any atom is -0.352 e. The zero-order valence-corrected chi connectivity index (χ0v) is 21.1. The first kappa shape index (κ1) is 22.8. The molecular formula is C28H29N3OS2. The van der Waals surface area contributed by atoms with Crippen molar-refractivity contribution in [2.75, 3.05) is 6.54 Å². The Morgan fingerprint density at radius 1 is 1.12 bits per heavy atom. The number of hydrogen-bond donors (Lipinski definition) is 1. The quantitative estimate of drug-likeness (QED) is 0.265. The second kappa shape index (κ2) is 10.5. The Bertz CT molecular complexity index is 1280. The molecule has 1 amide bonds. The average molecular weight is 488 g/mol. The third kappa shape index (κ3) is 5.08. The van der Waals surface area contributed by atoms with Gasteiger partial charge < -0.3 is 9.88 Å². The summed E-state index contributed by atoms with van der Waals surface area (Å²) in [5.74, 6) is -0.00129. The molecule has 3 aromatic heterocycles. The van der Waals surface area contributed by atoms with Crippen molar-refractivity contribution in [2.45, 2.75) is 45.6 Å². The largest absolute Gasteiger partial charge is 0.352 e. The van der Waals surface area contributed by atoms with Crippen molar-refractivity contribution in [1.82, 2.24) is 14.9 Å². The standard InChI is InChI=1S/C28H29N3OS2/c1-20-24(27(32)29-15-14-21-9-4-2-5-10-21)17-26(31(20)18-23-13-8-16-33-23)25-19-34-28(30-25)22-11-6-3-7-12-22/h3,6-9,11-13,16-17,19H,2,4-5,10,14-15,18H2,1H3,(H,29,32). The first-order valence-corrected chi connectivity index (χ1v) is 13.6. The van der Waals surface area contributed by atoms with Crippen LogP contribution in [0.3, 0.4) is 0 Å². The maximum atomic E-state index is 13.2. The Hall–Kier alpha value is -2.96. The second-order valence-corrected chi connectivity index (χ2v) is 10.6. The number of aromatic nitrogens is 2. The Balaban J connectivity index is 1.41. The van der Waals surface area contributed by atoms with Gasteiger partial charge in [-0.3, -0.25) is 4.79 Å². The third-order valence-electron chi connectivity index (χ3n) is 6.41. The number of nitrogens with zero attached hydrogens (tertiary/aromatic N) is 2. The van der Waals surface area contributed by atoms with Gasteiger partial charge in [-0.25, -0.2) is 4.98 Å². The highest BCUT2D eigenvalue weighted by Crippen LogP contribution is 2.32. The van der Waals surface area contributed by atoms with Crippen LogP contribution in [0.15, 0.2) is 70.9 Å². The van der Waals surface area contributed by atoms with Crippen LogP contribution in [0.25, 0.3) is 22.0 Å². The first-order chi connectivity index (χ1) is 16.7. The number of carbonyl (C=O) groups excluding carboxylic acids is 1. The van der Waals surface area contributed by atoms with Gasteiger partial charge in [0.15, 0.2) is 0 Å². The number of benzene rings is 1. The van der Waals surface area contributed by atoms with Gasteiger partial charge in [0.25, 0.3) is 5.91 Å². The Kier molecular flexibility index (Phi) is 7.07. The van der Waals surface area contributed by atoms with Crippen molar-refractivity contribution in [3.63, 3.8) is 0 Å². The summed E-state index contributed by atoms with van der Waals surface area (Å²) in [6.07, 6.45) is 8.20. The Morgan fingerprint density at radius 2 is 2.00 bits per heavy atom. The Labute approximate surface area is 209 Å². The summed E-state index contributed by atoms with van der Waals surface area (Å²) in [7, 11) is 0. The van der Waals surface area contributed by atoms with Gasteiger partial charge in [-0.05, 0) is 56.5 Å². The first-order valence-electron chi connectivity index (χ1n) is 11.9. The molecule has 0 unspecified atom stereocenters.